The number of benzene rings is 1. The lowest BCUT2D eigenvalue weighted by atomic mass is 9.95. The predicted molar refractivity (Wildman–Crippen MR) is 88.2 cm³/mol. The monoisotopic (exact) mass is 330 g/mol. The first-order valence-electron chi connectivity index (χ1n) is 8.32. The lowest BCUT2D eigenvalue weighted by Crippen LogP contribution is -2.43. The Morgan fingerprint density at radius 1 is 1.08 bits per heavy atom. The maximum absolute atomic E-state index is 12.7. The largest absolute Gasteiger partial charge is 0.469 e. The molecule has 128 valence electrons. The van der Waals surface area contributed by atoms with Crippen LogP contribution >= 0.6 is 0 Å². The minimum absolute atomic E-state index is 0.0102. The van der Waals surface area contributed by atoms with Gasteiger partial charge in [0.2, 0.25) is 11.8 Å². The summed E-state index contributed by atoms with van der Waals surface area (Å²) in [6.45, 7) is 1.53. The van der Waals surface area contributed by atoms with Crippen LogP contribution in [0.5, 0.6) is 0 Å². The molecule has 1 unspecified atom stereocenters. The van der Waals surface area contributed by atoms with E-state index in [0.717, 1.165) is 5.69 Å². The Morgan fingerprint density at radius 3 is 2.38 bits per heavy atom. The van der Waals surface area contributed by atoms with Crippen LogP contribution in [-0.4, -0.2) is 49.4 Å². The molecule has 0 radical (unpaired) electrons. The van der Waals surface area contributed by atoms with E-state index in [4.69, 9.17) is 4.74 Å². The van der Waals surface area contributed by atoms with Crippen LogP contribution in [0.4, 0.5) is 5.69 Å². The number of hydrogen-bond acceptors (Lipinski definition) is 4. The second kappa shape index (κ2) is 7.03. The third-order valence-electron chi connectivity index (χ3n) is 4.88. The van der Waals surface area contributed by atoms with Crippen LogP contribution in [0.15, 0.2) is 30.3 Å². The van der Waals surface area contributed by atoms with Crippen molar-refractivity contribution in [2.24, 2.45) is 11.8 Å². The Hall–Kier alpha value is -2.37. The first kappa shape index (κ1) is 16.5. The number of anilines is 1. The highest BCUT2D eigenvalue weighted by Crippen LogP contribution is 2.28. The molecule has 0 aromatic heterocycles. The second-order valence-electron chi connectivity index (χ2n) is 6.36. The van der Waals surface area contributed by atoms with E-state index in [-0.39, 0.29) is 36.0 Å². The van der Waals surface area contributed by atoms with Gasteiger partial charge in [0.05, 0.1) is 18.9 Å². The Morgan fingerprint density at radius 2 is 1.75 bits per heavy atom. The van der Waals surface area contributed by atoms with Gasteiger partial charge >= 0.3 is 5.97 Å². The van der Waals surface area contributed by atoms with Crippen LogP contribution in [0.25, 0.3) is 0 Å². The number of rotatable bonds is 3. The summed E-state index contributed by atoms with van der Waals surface area (Å²) in [5.41, 5.74) is 0.835. The Kier molecular flexibility index (Phi) is 4.83. The van der Waals surface area contributed by atoms with Crippen molar-refractivity contribution in [1.82, 2.24) is 4.90 Å². The number of methoxy groups -OCH3 is 1. The predicted octanol–water partition coefficient (Wildman–Crippen LogP) is 1.45. The topological polar surface area (TPSA) is 66.9 Å². The molecule has 2 heterocycles. The fourth-order valence-corrected chi connectivity index (χ4v) is 3.49. The Balaban J connectivity index is 1.59. The number of hydrogen-bond donors (Lipinski definition) is 0. The van der Waals surface area contributed by atoms with Crippen molar-refractivity contribution in [2.75, 3.05) is 31.6 Å². The van der Waals surface area contributed by atoms with E-state index in [1.165, 1.54) is 7.11 Å². The fraction of sp³-hybridized carbons (Fsp3) is 0.500. The molecule has 3 rings (SSSR count). The van der Waals surface area contributed by atoms with E-state index in [0.29, 0.717) is 32.5 Å². The molecule has 6 nitrogen and oxygen atoms in total. The number of ether oxygens (including phenoxy) is 1. The van der Waals surface area contributed by atoms with Gasteiger partial charge in [-0.1, -0.05) is 18.2 Å². The van der Waals surface area contributed by atoms with Crippen molar-refractivity contribution in [2.45, 2.75) is 19.3 Å². The summed E-state index contributed by atoms with van der Waals surface area (Å²) < 4.78 is 4.77. The number of likely N-dealkylation sites (tertiary alicyclic amines) is 1. The van der Waals surface area contributed by atoms with Crippen molar-refractivity contribution in [3.8, 4) is 0 Å². The van der Waals surface area contributed by atoms with Gasteiger partial charge in [-0.25, -0.2) is 0 Å². The van der Waals surface area contributed by atoms with E-state index >= 15 is 0 Å². The highest BCUT2D eigenvalue weighted by molar-refractivity contribution is 6.00. The molecule has 1 atom stereocenters. The molecule has 1 aromatic rings. The Bertz CT molecular complexity index is 623. The van der Waals surface area contributed by atoms with Crippen molar-refractivity contribution < 1.29 is 19.1 Å². The minimum atomic E-state index is -0.299. The highest BCUT2D eigenvalue weighted by Gasteiger charge is 2.38. The summed E-state index contributed by atoms with van der Waals surface area (Å²) in [7, 11) is 1.39. The summed E-state index contributed by atoms with van der Waals surface area (Å²) in [6, 6.07) is 9.43. The fourth-order valence-electron chi connectivity index (χ4n) is 3.49. The van der Waals surface area contributed by atoms with Crippen molar-refractivity contribution >= 4 is 23.5 Å². The molecular weight excluding hydrogens is 308 g/mol. The van der Waals surface area contributed by atoms with Gasteiger partial charge in [-0.05, 0) is 25.0 Å². The third-order valence-corrected chi connectivity index (χ3v) is 4.88. The molecule has 24 heavy (non-hydrogen) atoms. The van der Waals surface area contributed by atoms with Gasteiger partial charge in [-0.2, -0.15) is 0 Å². The average molecular weight is 330 g/mol. The zero-order chi connectivity index (χ0) is 17.1. The lowest BCUT2D eigenvalue weighted by Gasteiger charge is -2.32. The van der Waals surface area contributed by atoms with Crippen molar-refractivity contribution in [3.05, 3.63) is 30.3 Å². The maximum atomic E-state index is 12.7. The van der Waals surface area contributed by atoms with Crippen LogP contribution in [-0.2, 0) is 19.1 Å². The number of amides is 2. The normalized spacial score (nSPS) is 21.9. The Labute approximate surface area is 141 Å². The number of para-hydroxylation sites is 1. The summed E-state index contributed by atoms with van der Waals surface area (Å²) in [6.07, 6.45) is 1.51. The third kappa shape index (κ3) is 3.27. The molecule has 0 N–H and O–H groups in total. The van der Waals surface area contributed by atoms with Crippen LogP contribution in [0.2, 0.25) is 0 Å². The van der Waals surface area contributed by atoms with Gasteiger partial charge in [-0.3, -0.25) is 14.4 Å². The van der Waals surface area contributed by atoms with Gasteiger partial charge in [0.15, 0.2) is 0 Å². The number of esters is 1. The van der Waals surface area contributed by atoms with Crippen LogP contribution in [0.3, 0.4) is 0 Å². The average Bonchev–Trinajstić information content (AvgIpc) is 3.03. The summed E-state index contributed by atoms with van der Waals surface area (Å²) in [4.78, 5) is 40.0. The molecule has 2 fully saturated rings. The molecule has 0 bridgehead atoms. The standard InChI is InChI=1S/C18H22N2O4/c1-24-18(23)13-7-9-19(10-8-13)17(22)14-11-16(21)20(12-14)15-5-3-2-4-6-15/h2-6,13-14H,7-12H2,1H3. The number of carbonyl (C=O) groups excluding carboxylic acids is 3. The van der Waals surface area contributed by atoms with Crippen LogP contribution < -0.4 is 4.90 Å². The van der Waals surface area contributed by atoms with Gasteiger partial charge in [0.25, 0.3) is 0 Å². The zero-order valence-corrected chi connectivity index (χ0v) is 13.8. The molecule has 2 amide bonds. The molecule has 0 aliphatic carbocycles. The van der Waals surface area contributed by atoms with Crippen molar-refractivity contribution in [1.29, 1.82) is 0 Å². The first-order valence-corrected chi connectivity index (χ1v) is 8.32. The molecule has 2 saturated heterocycles. The molecular formula is C18H22N2O4. The second-order valence-corrected chi connectivity index (χ2v) is 6.36. The number of nitrogens with zero attached hydrogens (tertiary/aromatic N) is 2. The van der Waals surface area contributed by atoms with Crippen molar-refractivity contribution in [3.63, 3.8) is 0 Å². The lowest BCUT2D eigenvalue weighted by molar-refractivity contribution is -0.149. The van der Waals surface area contributed by atoms with Gasteiger partial charge < -0.3 is 14.5 Å². The van der Waals surface area contributed by atoms with E-state index < -0.39 is 0 Å². The molecule has 2 aliphatic rings. The quantitative estimate of drug-likeness (QED) is 0.787. The molecule has 2 aliphatic heterocycles. The molecule has 6 heteroatoms. The van der Waals surface area contributed by atoms with E-state index in [1.807, 2.05) is 30.3 Å². The summed E-state index contributed by atoms with van der Waals surface area (Å²) in [5, 5.41) is 0. The van der Waals surface area contributed by atoms with E-state index in [2.05, 4.69) is 0 Å². The summed E-state index contributed by atoms with van der Waals surface area (Å²) in [5.74, 6) is -0.611. The number of piperidine rings is 1. The van der Waals surface area contributed by atoms with Crippen LogP contribution in [0.1, 0.15) is 19.3 Å². The maximum Gasteiger partial charge on any atom is 0.308 e. The summed E-state index contributed by atoms with van der Waals surface area (Å²) >= 11 is 0. The van der Waals surface area contributed by atoms with Gasteiger partial charge in [0, 0.05) is 31.7 Å². The highest BCUT2D eigenvalue weighted by atomic mass is 16.5. The smallest absolute Gasteiger partial charge is 0.308 e. The van der Waals surface area contributed by atoms with E-state index in [1.54, 1.807) is 9.80 Å². The molecule has 0 saturated carbocycles. The zero-order valence-electron chi connectivity index (χ0n) is 13.8. The molecule has 1 aromatic carbocycles. The minimum Gasteiger partial charge on any atom is -0.469 e. The van der Waals surface area contributed by atoms with Gasteiger partial charge in [-0.15, -0.1) is 0 Å². The SMILES string of the molecule is COC(=O)C1CCN(C(=O)C2CC(=O)N(c3ccccc3)C2)CC1. The van der Waals surface area contributed by atoms with Crippen LogP contribution in [0, 0.1) is 11.8 Å². The first-order chi connectivity index (χ1) is 11.6. The van der Waals surface area contributed by atoms with E-state index in [9.17, 15) is 14.4 Å². The van der Waals surface area contributed by atoms with Gasteiger partial charge in [0.1, 0.15) is 0 Å². The number of carbonyl (C=O) groups is 3. The molecule has 0 spiro atoms.